The molecule has 7 heteroatoms. The molecule has 0 unspecified atom stereocenters. The van der Waals surface area contributed by atoms with Crippen LogP contribution >= 0.6 is 0 Å². The zero-order chi connectivity index (χ0) is 14.6. The van der Waals surface area contributed by atoms with Crippen LogP contribution in [0.2, 0.25) is 0 Å². The largest absolute Gasteiger partial charge is 0.270 e. The second-order valence-corrected chi connectivity index (χ2v) is 5.90. The highest BCUT2D eigenvalue weighted by Gasteiger charge is 2.26. The lowest BCUT2D eigenvalue weighted by atomic mass is 10.1. The molecule has 19 heavy (non-hydrogen) atoms. The molecule has 0 heterocycles. The summed E-state index contributed by atoms with van der Waals surface area (Å²) in [6.45, 7) is 5.98. The summed E-state index contributed by atoms with van der Waals surface area (Å²) >= 11 is 0. The smallest absolute Gasteiger partial charge is 0.258 e. The summed E-state index contributed by atoms with van der Waals surface area (Å²) in [6, 6.07) is 3.99. The Balaban J connectivity index is 3.46. The van der Waals surface area contributed by atoms with Crippen LogP contribution in [-0.4, -0.2) is 30.7 Å². The number of nitro groups is 1. The van der Waals surface area contributed by atoms with Crippen LogP contribution in [-0.2, 0) is 16.4 Å². The summed E-state index contributed by atoms with van der Waals surface area (Å²) in [4.78, 5) is 10.2. The Labute approximate surface area is 113 Å². The lowest BCUT2D eigenvalue weighted by Gasteiger charge is -2.20. The summed E-state index contributed by atoms with van der Waals surface area (Å²) < 4.78 is 26.2. The molecule has 1 aromatic rings. The van der Waals surface area contributed by atoms with Crippen molar-refractivity contribution in [2.24, 2.45) is 0 Å². The molecule has 0 bridgehead atoms. The first kappa shape index (κ1) is 15.6. The number of rotatable bonds is 6. The van der Waals surface area contributed by atoms with E-state index in [2.05, 4.69) is 0 Å². The van der Waals surface area contributed by atoms with E-state index in [9.17, 15) is 18.5 Å². The van der Waals surface area contributed by atoms with E-state index in [1.807, 2.05) is 6.92 Å². The molecule has 0 saturated carbocycles. The molecule has 0 N–H and O–H groups in total. The minimum atomic E-state index is -3.67. The Bertz CT molecular complexity index is 565. The maximum Gasteiger partial charge on any atom is 0.270 e. The first-order valence-electron chi connectivity index (χ1n) is 6.15. The van der Waals surface area contributed by atoms with Crippen LogP contribution in [0.15, 0.2) is 23.1 Å². The molecule has 0 radical (unpaired) electrons. The summed E-state index contributed by atoms with van der Waals surface area (Å²) in [5.74, 6) is 0. The van der Waals surface area contributed by atoms with Crippen molar-refractivity contribution in [3.05, 3.63) is 33.9 Å². The first-order valence-corrected chi connectivity index (χ1v) is 7.59. The average Bonchev–Trinajstić information content (AvgIpc) is 2.38. The molecular formula is C12H18N2O4S. The minimum Gasteiger partial charge on any atom is -0.258 e. The van der Waals surface area contributed by atoms with Crippen molar-refractivity contribution in [2.45, 2.75) is 32.1 Å². The van der Waals surface area contributed by atoms with E-state index in [0.717, 1.165) is 6.07 Å². The molecule has 0 spiro atoms. The third-order valence-corrected chi connectivity index (χ3v) is 5.10. The predicted molar refractivity (Wildman–Crippen MR) is 72.6 cm³/mol. The monoisotopic (exact) mass is 286 g/mol. The first-order chi connectivity index (χ1) is 8.88. The van der Waals surface area contributed by atoms with E-state index in [0.29, 0.717) is 25.1 Å². The summed E-state index contributed by atoms with van der Waals surface area (Å²) in [6.07, 6.45) is 0.508. The maximum absolute atomic E-state index is 12.5. The Hall–Kier alpha value is -1.47. The molecule has 0 fully saturated rings. The van der Waals surface area contributed by atoms with E-state index in [1.54, 1.807) is 13.8 Å². The minimum absolute atomic E-state index is 0.0351. The van der Waals surface area contributed by atoms with Crippen LogP contribution in [0.1, 0.15) is 26.3 Å². The highest BCUT2D eigenvalue weighted by Crippen LogP contribution is 2.25. The van der Waals surface area contributed by atoms with Crippen molar-refractivity contribution in [1.82, 2.24) is 4.31 Å². The summed E-state index contributed by atoms with van der Waals surface area (Å²) in [7, 11) is -3.67. The van der Waals surface area contributed by atoms with Gasteiger partial charge in [-0.15, -0.1) is 0 Å². The molecule has 0 aliphatic carbocycles. The number of hydrogen-bond acceptors (Lipinski definition) is 4. The molecule has 106 valence electrons. The molecule has 0 atom stereocenters. The van der Waals surface area contributed by atoms with Gasteiger partial charge in [0.1, 0.15) is 0 Å². The van der Waals surface area contributed by atoms with Gasteiger partial charge in [0.25, 0.3) is 5.69 Å². The van der Waals surface area contributed by atoms with Crippen LogP contribution in [0.5, 0.6) is 0 Å². The van der Waals surface area contributed by atoms with E-state index >= 15 is 0 Å². The van der Waals surface area contributed by atoms with E-state index in [-0.39, 0.29) is 10.6 Å². The molecule has 1 rings (SSSR count). The van der Waals surface area contributed by atoms with Crippen molar-refractivity contribution >= 4 is 15.7 Å². The van der Waals surface area contributed by atoms with Crippen LogP contribution in [0.3, 0.4) is 0 Å². The van der Waals surface area contributed by atoms with Gasteiger partial charge in [0.15, 0.2) is 0 Å². The number of sulfonamides is 1. The molecule has 0 aliphatic rings. The number of non-ortho nitro benzene ring substituents is 1. The molecule has 1 aromatic carbocycles. The van der Waals surface area contributed by atoms with Gasteiger partial charge in [-0.25, -0.2) is 8.42 Å². The normalized spacial score (nSPS) is 11.8. The van der Waals surface area contributed by atoms with Crippen molar-refractivity contribution < 1.29 is 13.3 Å². The van der Waals surface area contributed by atoms with E-state index in [1.165, 1.54) is 16.4 Å². The lowest BCUT2D eigenvalue weighted by molar-refractivity contribution is -0.385. The van der Waals surface area contributed by atoms with Crippen LogP contribution in [0, 0.1) is 10.1 Å². The van der Waals surface area contributed by atoms with Crippen molar-refractivity contribution in [3.8, 4) is 0 Å². The zero-order valence-corrected chi connectivity index (χ0v) is 12.1. The fourth-order valence-corrected chi connectivity index (χ4v) is 3.66. The fraction of sp³-hybridized carbons (Fsp3) is 0.500. The molecule has 0 aromatic heterocycles. The van der Waals surface area contributed by atoms with Gasteiger partial charge in [0.05, 0.1) is 9.82 Å². The second-order valence-electron chi connectivity index (χ2n) is 3.99. The van der Waals surface area contributed by atoms with Crippen LogP contribution in [0.4, 0.5) is 5.69 Å². The van der Waals surface area contributed by atoms with Gasteiger partial charge in [-0.05, 0) is 12.0 Å². The van der Waals surface area contributed by atoms with Gasteiger partial charge in [-0.2, -0.15) is 4.31 Å². The van der Waals surface area contributed by atoms with Crippen LogP contribution in [0.25, 0.3) is 0 Å². The molecule has 0 saturated heterocycles. The quantitative estimate of drug-likeness (QED) is 0.593. The SMILES string of the molecule is CCc1ccc([N+](=O)[O-])cc1S(=O)(=O)N(CC)CC. The van der Waals surface area contributed by atoms with Gasteiger partial charge in [0, 0.05) is 25.2 Å². The lowest BCUT2D eigenvalue weighted by Crippen LogP contribution is -2.31. The Morgan fingerprint density at radius 3 is 2.21 bits per heavy atom. The summed E-state index contributed by atoms with van der Waals surface area (Å²) in [5.41, 5.74) is 0.389. The Morgan fingerprint density at radius 2 is 1.79 bits per heavy atom. The topological polar surface area (TPSA) is 80.5 Å². The fourth-order valence-electron chi connectivity index (χ4n) is 1.89. The maximum atomic E-state index is 12.5. The van der Waals surface area contributed by atoms with Gasteiger partial charge < -0.3 is 0 Å². The van der Waals surface area contributed by atoms with E-state index in [4.69, 9.17) is 0 Å². The van der Waals surface area contributed by atoms with Crippen molar-refractivity contribution in [3.63, 3.8) is 0 Å². The summed E-state index contributed by atoms with van der Waals surface area (Å²) in [5, 5.41) is 10.8. The molecule has 0 amide bonds. The zero-order valence-electron chi connectivity index (χ0n) is 11.3. The van der Waals surface area contributed by atoms with Crippen LogP contribution < -0.4 is 0 Å². The van der Waals surface area contributed by atoms with Crippen molar-refractivity contribution in [2.75, 3.05) is 13.1 Å². The second kappa shape index (κ2) is 6.12. The predicted octanol–water partition coefficient (Wildman–Crippen LogP) is 2.19. The number of benzene rings is 1. The standard InChI is InChI=1S/C12H18N2O4S/c1-4-10-7-8-11(14(15)16)9-12(10)19(17,18)13(5-2)6-3/h7-9H,4-6H2,1-3H3. The third-order valence-electron chi connectivity index (χ3n) is 2.97. The Kier molecular flexibility index (Phi) is 5.02. The average molecular weight is 286 g/mol. The van der Waals surface area contributed by atoms with Gasteiger partial charge in [-0.1, -0.05) is 26.8 Å². The van der Waals surface area contributed by atoms with E-state index < -0.39 is 14.9 Å². The molecule has 6 nitrogen and oxygen atoms in total. The Morgan fingerprint density at radius 1 is 1.21 bits per heavy atom. The van der Waals surface area contributed by atoms with Gasteiger partial charge in [0.2, 0.25) is 10.0 Å². The van der Waals surface area contributed by atoms with Crippen molar-refractivity contribution in [1.29, 1.82) is 0 Å². The number of aryl methyl sites for hydroxylation is 1. The highest BCUT2D eigenvalue weighted by atomic mass is 32.2. The van der Waals surface area contributed by atoms with Gasteiger partial charge >= 0.3 is 0 Å². The number of nitrogens with zero attached hydrogens (tertiary/aromatic N) is 2. The highest BCUT2D eigenvalue weighted by molar-refractivity contribution is 7.89. The molecule has 0 aliphatic heterocycles. The van der Waals surface area contributed by atoms with Gasteiger partial charge in [-0.3, -0.25) is 10.1 Å². The number of nitro benzene ring substituents is 1. The number of hydrogen-bond donors (Lipinski definition) is 0. The third kappa shape index (κ3) is 3.10. The molecular weight excluding hydrogens is 268 g/mol.